The predicted molar refractivity (Wildman–Crippen MR) is 89.3 cm³/mol. The topological polar surface area (TPSA) is 100 Å². The second-order valence-electron chi connectivity index (χ2n) is 5.38. The fourth-order valence-corrected chi connectivity index (χ4v) is 2.31. The zero-order valence-corrected chi connectivity index (χ0v) is 13.7. The molecule has 3 N–H and O–H groups in total. The zero-order valence-electron chi connectivity index (χ0n) is 13.7. The van der Waals surface area contributed by atoms with Crippen LogP contribution in [0.4, 0.5) is 0 Å². The van der Waals surface area contributed by atoms with Crippen LogP contribution < -0.4 is 10.6 Å². The first-order valence-corrected chi connectivity index (χ1v) is 7.79. The predicted octanol–water partition coefficient (Wildman–Crippen LogP) is 0.894. The first-order valence-electron chi connectivity index (χ1n) is 7.79. The number of aromatic nitrogens is 1. The second kappa shape index (κ2) is 8.14. The van der Waals surface area contributed by atoms with E-state index in [9.17, 15) is 14.4 Å². The Bertz CT molecular complexity index is 738. The van der Waals surface area contributed by atoms with E-state index in [0.29, 0.717) is 6.54 Å². The van der Waals surface area contributed by atoms with E-state index in [1.54, 1.807) is 20.0 Å². The van der Waals surface area contributed by atoms with Crippen molar-refractivity contribution >= 4 is 28.7 Å². The Hall–Kier alpha value is -2.83. The summed E-state index contributed by atoms with van der Waals surface area (Å²) in [5.74, 6) is -1.29. The van der Waals surface area contributed by atoms with Crippen molar-refractivity contribution in [1.82, 2.24) is 15.6 Å². The molecule has 1 atom stereocenters. The van der Waals surface area contributed by atoms with Crippen LogP contribution in [0.2, 0.25) is 0 Å². The number of carbonyl (C=O) groups is 3. The molecule has 7 nitrogen and oxygen atoms in total. The van der Waals surface area contributed by atoms with Crippen molar-refractivity contribution in [2.24, 2.45) is 0 Å². The van der Waals surface area contributed by atoms with Gasteiger partial charge in [0.25, 0.3) is 5.91 Å². The molecular formula is C17H21N3O4. The highest BCUT2D eigenvalue weighted by atomic mass is 16.5. The minimum Gasteiger partial charge on any atom is -0.455 e. The number of aromatic amines is 1. The molecular weight excluding hydrogens is 310 g/mol. The number of fused-ring (bicyclic) bond motifs is 1. The van der Waals surface area contributed by atoms with E-state index < -0.39 is 24.5 Å². The van der Waals surface area contributed by atoms with Crippen LogP contribution in [-0.2, 0) is 25.5 Å². The lowest BCUT2D eigenvalue weighted by Crippen LogP contribution is -2.46. The summed E-state index contributed by atoms with van der Waals surface area (Å²) < 4.78 is 4.97. The molecule has 2 amide bonds. The molecule has 0 spiro atoms. The number of esters is 1. The summed E-state index contributed by atoms with van der Waals surface area (Å²) in [6.07, 6.45) is 1.83. The Kier molecular flexibility index (Phi) is 5.95. The fraction of sp³-hybridized carbons (Fsp3) is 0.353. The van der Waals surface area contributed by atoms with Crippen LogP contribution in [-0.4, -0.2) is 42.0 Å². The molecule has 0 saturated heterocycles. The highest BCUT2D eigenvalue weighted by molar-refractivity contribution is 5.90. The second-order valence-corrected chi connectivity index (χ2v) is 5.38. The summed E-state index contributed by atoms with van der Waals surface area (Å²) in [7, 11) is 0. The van der Waals surface area contributed by atoms with Gasteiger partial charge in [-0.25, -0.2) is 0 Å². The van der Waals surface area contributed by atoms with E-state index in [2.05, 4.69) is 15.6 Å². The Morgan fingerprint density at radius 3 is 2.75 bits per heavy atom. The fourth-order valence-electron chi connectivity index (χ4n) is 2.31. The summed E-state index contributed by atoms with van der Waals surface area (Å²) in [5.41, 5.74) is 1.75. The number of hydrogen-bond donors (Lipinski definition) is 3. The van der Waals surface area contributed by atoms with E-state index >= 15 is 0 Å². The maximum atomic E-state index is 11.9. The number of rotatable bonds is 7. The van der Waals surface area contributed by atoms with Crippen molar-refractivity contribution in [3.8, 4) is 0 Å². The Morgan fingerprint density at radius 2 is 2.00 bits per heavy atom. The van der Waals surface area contributed by atoms with Gasteiger partial charge in [-0.1, -0.05) is 18.2 Å². The van der Waals surface area contributed by atoms with Crippen LogP contribution in [0.15, 0.2) is 30.5 Å². The van der Waals surface area contributed by atoms with E-state index in [-0.39, 0.29) is 12.3 Å². The number of amides is 2. The van der Waals surface area contributed by atoms with Crippen LogP contribution in [0.25, 0.3) is 10.9 Å². The van der Waals surface area contributed by atoms with Gasteiger partial charge in [0.1, 0.15) is 6.04 Å². The van der Waals surface area contributed by atoms with Gasteiger partial charge < -0.3 is 20.4 Å². The van der Waals surface area contributed by atoms with Crippen LogP contribution >= 0.6 is 0 Å². The number of nitrogens with one attached hydrogen (secondary N) is 3. The Labute approximate surface area is 139 Å². The lowest BCUT2D eigenvalue weighted by Gasteiger charge is -2.13. The highest BCUT2D eigenvalue weighted by Crippen LogP contribution is 2.18. The molecule has 0 aliphatic carbocycles. The first-order chi connectivity index (χ1) is 11.5. The molecule has 0 aliphatic rings. The van der Waals surface area contributed by atoms with Crippen LogP contribution in [0.3, 0.4) is 0 Å². The van der Waals surface area contributed by atoms with E-state index in [4.69, 9.17) is 4.74 Å². The average Bonchev–Trinajstić information content (AvgIpc) is 2.96. The third kappa shape index (κ3) is 4.58. The van der Waals surface area contributed by atoms with Crippen molar-refractivity contribution in [3.05, 3.63) is 36.0 Å². The summed E-state index contributed by atoms with van der Waals surface area (Å²) in [5, 5.41) is 6.02. The molecule has 0 saturated carbocycles. The smallest absolute Gasteiger partial charge is 0.310 e. The van der Waals surface area contributed by atoms with Gasteiger partial charge in [-0.15, -0.1) is 0 Å². The lowest BCUT2D eigenvalue weighted by molar-refractivity contribution is -0.148. The van der Waals surface area contributed by atoms with E-state index in [1.807, 2.05) is 24.3 Å². The number of benzene rings is 1. The number of ether oxygens (including phenoxy) is 1. The molecule has 0 radical (unpaired) electrons. The number of H-pyrrole nitrogens is 1. The molecule has 128 valence electrons. The van der Waals surface area contributed by atoms with Gasteiger partial charge in [-0.3, -0.25) is 14.4 Å². The standard InChI is InChI=1S/C17H21N3O4/c1-3-18-17(23)11(2)20-15(21)10-24-16(22)8-12-9-19-14-7-5-4-6-13(12)14/h4-7,9,11,19H,3,8,10H2,1-2H3,(H,18,23)(H,20,21)/t11-/m1/s1. The average molecular weight is 331 g/mol. The van der Waals surface area contributed by atoms with E-state index in [1.165, 1.54) is 0 Å². The molecule has 1 heterocycles. The summed E-state index contributed by atoms with van der Waals surface area (Å²) in [6, 6.07) is 6.95. The number of carbonyl (C=O) groups excluding carboxylic acids is 3. The highest BCUT2D eigenvalue weighted by Gasteiger charge is 2.16. The molecule has 2 aromatic rings. The van der Waals surface area contributed by atoms with Gasteiger partial charge in [0.15, 0.2) is 6.61 Å². The summed E-state index contributed by atoms with van der Waals surface area (Å²) >= 11 is 0. The molecule has 0 bridgehead atoms. The molecule has 2 rings (SSSR count). The molecule has 7 heteroatoms. The lowest BCUT2D eigenvalue weighted by atomic mass is 10.1. The summed E-state index contributed by atoms with van der Waals surface area (Å²) in [4.78, 5) is 38.2. The number of likely N-dealkylation sites (N-methyl/N-ethyl adjacent to an activating group) is 1. The molecule has 0 fully saturated rings. The van der Waals surface area contributed by atoms with Gasteiger partial charge in [0, 0.05) is 23.6 Å². The van der Waals surface area contributed by atoms with Gasteiger partial charge in [0.2, 0.25) is 5.91 Å². The minimum atomic E-state index is -0.676. The quantitative estimate of drug-likeness (QED) is 0.656. The number of para-hydroxylation sites is 1. The zero-order chi connectivity index (χ0) is 17.5. The Balaban J connectivity index is 1.80. The monoisotopic (exact) mass is 331 g/mol. The summed E-state index contributed by atoms with van der Waals surface area (Å²) in [6.45, 7) is 3.43. The molecule has 0 unspecified atom stereocenters. The van der Waals surface area contributed by atoms with Crippen molar-refractivity contribution in [3.63, 3.8) is 0 Å². The van der Waals surface area contributed by atoms with Crippen LogP contribution in [0, 0.1) is 0 Å². The SMILES string of the molecule is CCNC(=O)[C@@H](C)NC(=O)COC(=O)Cc1c[nH]c2ccccc12. The van der Waals surface area contributed by atoms with Gasteiger partial charge in [-0.05, 0) is 25.5 Å². The normalized spacial score (nSPS) is 11.8. The van der Waals surface area contributed by atoms with E-state index in [0.717, 1.165) is 16.5 Å². The first kappa shape index (κ1) is 17.5. The van der Waals surface area contributed by atoms with Gasteiger partial charge in [-0.2, -0.15) is 0 Å². The number of hydrogen-bond acceptors (Lipinski definition) is 4. The minimum absolute atomic E-state index is 0.0726. The third-order valence-corrected chi connectivity index (χ3v) is 3.50. The molecule has 1 aromatic carbocycles. The van der Waals surface area contributed by atoms with Crippen molar-refractivity contribution in [2.45, 2.75) is 26.3 Å². The van der Waals surface area contributed by atoms with Crippen molar-refractivity contribution in [1.29, 1.82) is 0 Å². The van der Waals surface area contributed by atoms with Gasteiger partial charge >= 0.3 is 5.97 Å². The third-order valence-electron chi connectivity index (χ3n) is 3.50. The van der Waals surface area contributed by atoms with Crippen molar-refractivity contribution < 1.29 is 19.1 Å². The Morgan fingerprint density at radius 1 is 1.25 bits per heavy atom. The van der Waals surface area contributed by atoms with Crippen molar-refractivity contribution in [2.75, 3.05) is 13.2 Å². The maximum absolute atomic E-state index is 11.9. The molecule has 0 aliphatic heterocycles. The maximum Gasteiger partial charge on any atom is 0.310 e. The molecule has 1 aromatic heterocycles. The van der Waals surface area contributed by atoms with Gasteiger partial charge in [0.05, 0.1) is 6.42 Å². The van der Waals surface area contributed by atoms with Crippen LogP contribution in [0.5, 0.6) is 0 Å². The molecule has 24 heavy (non-hydrogen) atoms. The van der Waals surface area contributed by atoms with Crippen LogP contribution in [0.1, 0.15) is 19.4 Å². The largest absolute Gasteiger partial charge is 0.455 e.